The maximum Gasteiger partial charge on any atom is 0.0728 e. The van der Waals surface area contributed by atoms with E-state index in [2.05, 4.69) is 33.9 Å². The van der Waals surface area contributed by atoms with Crippen LogP contribution in [-0.2, 0) is 0 Å². The van der Waals surface area contributed by atoms with Crippen molar-refractivity contribution in [3.8, 4) is 0 Å². The van der Waals surface area contributed by atoms with Gasteiger partial charge in [0.05, 0.1) is 22.1 Å². The number of hydrogen-bond donors (Lipinski definition) is 2. The second kappa shape index (κ2) is 4.14. The van der Waals surface area contributed by atoms with E-state index in [0.717, 1.165) is 5.69 Å². The van der Waals surface area contributed by atoms with Crippen LogP contribution in [0.4, 0.5) is 5.69 Å². The van der Waals surface area contributed by atoms with Gasteiger partial charge in [0, 0.05) is 11.4 Å². The molecular formula is C11H13N3S2. The molecule has 0 aliphatic carbocycles. The number of hydrogen-bond acceptors (Lipinski definition) is 4. The largest absolute Gasteiger partial charge is 0.376 e. The third kappa shape index (κ3) is 1.85. The lowest BCUT2D eigenvalue weighted by molar-refractivity contribution is 0.670. The first-order valence-electron chi connectivity index (χ1n) is 5.32. The van der Waals surface area contributed by atoms with Gasteiger partial charge in [0.1, 0.15) is 0 Å². The van der Waals surface area contributed by atoms with E-state index in [9.17, 15) is 0 Å². The van der Waals surface area contributed by atoms with Gasteiger partial charge in [-0.2, -0.15) is 5.10 Å². The average Bonchev–Trinajstić information content (AvgIpc) is 2.87. The Hall–Kier alpha value is -0.940. The van der Waals surface area contributed by atoms with Crippen LogP contribution in [0.25, 0.3) is 0 Å². The molecule has 2 atom stereocenters. The van der Waals surface area contributed by atoms with Crippen molar-refractivity contribution in [3.05, 3.63) is 29.4 Å². The number of fused-ring (bicyclic) bond motifs is 1. The van der Waals surface area contributed by atoms with Gasteiger partial charge in [-0.1, -0.05) is 6.92 Å². The summed E-state index contributed by atoms with van der Waals surface area (Å²) in [6.45, 7) is 2.29. The molecule has 3 nitrogen and oxygen atoms in total. The van der Waals surface area contributed by atoms with E-state index >= 15 is 0 Å². The van der Waals surface area contributed by atoms with Crippen LogP contribution in [0.3, 0.4) is 0 Å². The molecule has 0 amide bonds. The topological polar surface area (TPSA) is 40.7 Å². The van der Waals surface area contributed by atoms with Crippen molar-refractivity contribution in [1.29, 1.82) is 0 Å². The second-order valence-corrected chi connectivity index (χ2v) is 6.63. The number of thioether (sulfide) groups is 1. The van der Waals surface area contributed by atoms with Crippen LogP contribution in [-0.4, -0.2) is 15.4 Å². The van der Waals surface area contributed by atoms with E-state index in [1.54, 1.807) is 0 Å². The summed E-state index contributed by atoms with van der Waals surface area (Å²) in [5.74, 6) is 0. The summed E-state index contributed by atoms with van der Waals surface area (Å²) in [4.78, 5) is 0. The minimum absolute atomic E-state index is 0.426. The summed E-state index contributed by atoms with van der Waals surface area (Å²) in [6, 6.07) is 2.66. The Bertz CT molecular complexity index is 463. The Balaban J connectivity index is 1.86. The first-order valence-corrected chi connectivity index (χ1v) is 7.08. The molecule has 0 bridgehead atoms. The molecule has 0 spiro atoms. The SMILES string of the molecule is C[C@H]1CC(Nc2cn[nH]c2)c2ccsc2S1. The third-order valence-corrected chi connectivity index (χ3v) is 5.09. The van der Waals surface area contributed by atoms with Crippen LogP contribution in [0, 0.1) is 0 Å². The van der Waals surface area contributed by atoms with Gasteiger partial charge in [0.25, 0.3) is 0 Å². The van der Waals surface area contributed by atoms with Gasteiger partial charge >= 0.3 is 0 Å². The predicted octanol–water partition coefficient (Wildman–Crippen LogP) is 3.51. The number of rotatable bonds is 2. The lowest BCUT2D eigenvalue weighted by atomic mass is 10.0. The fourth-order valence-electron chi connectivity index (χ4n) is 2.02. The standard InChI is InChI=1S/C11H13N3S2/c1-7-4-10(14-8-5-12-13-6-8)9-2-3-15-11(9)16-7/h2-3,5-7,10,14H,4H2,1H3,(H,12,13)/t7-,10?/m0/s1. The van der Waals surface area contributed by atoms with Crippen LogP contribution in [0.5, 0.6) is 0 Å². The van der Waals surface area contributed by atoms with Crippen LogP contribution in [0.15, 0.2) is 28.0 Å². The van der Waals surface area contributed by atoms with Gasteiger partial charge in [0.15, 0.2) is 0 Å². The van der Waals surface area contributed by atoms with Crippen LogP contribution in [0.1, 0.15) is 24.9 Å². The fraction of sp³-hybridized carbons (Fsp3) is 0.364. The van der Waals surface area contributed by atoms with Crippen molar-refractivity contribution < 1.29 is 0 Å². The molecule has 2 N–H and O–H groups in total. The zero-order chi connectivity index (χ0) is 11.0. The maximum atomic E-state index is 3.96. The maximum absolute atomic E-state index is 3.96. The van der Waals surface area contributed by atoms with E-state index in [-0.39, 0.29) is 0 Å². The molecule has 84 valence electrons. The zero-order valence-corrected chi connectivity index (χ0v) is 10.6. The van der Waals surface area contributed by atoms with Gasteiger partial charge < -0.3 is 5.32 Å². The number of H-pyrrole nitrogens is 1. The quantitative estimate of drug-likeness (QED) is 0.858. The molecular weight excluding hydrogens is 238 g/mol. The number of anilines is 1. The molecule has 1 aliphatic heterocycles. The Kier molecular flexibility index (Phi) is 2.65. The number of nitrogens with one attached hydrogen (secondary N) is 2. The minimum atomic E-state index is 0.426. The van der Waals surface area contributed by atoms with Crippen molar-refractivity contribution in [3.63, 3.8) is 0 Å². The van der Waals surface area contributed by atoms with Crippen LogP contribution in [0.2, 0.25) is 0 Å². The molecule has 3 rings (SSSR count). The molecule has 3 heterocycles. The molecule has 1 unspecified atom stereocenters. The van der Waals surface area contributed by atoms with Gasteiger partial charge in [-0.15, -0.1) is 23.1 Å². The third-order valence-electron chi connectivity index (χ3n) is 2.75. The van der Waals surface area contributed by atoms with Crippen molar-refractivity contribution in [2.24, 2.45) is 0 Å². The Morgan fingerprint density at radius 3 is 3.31 bits per heavy atom. The molecule has 0 saturated carbocycles. The van der Waals surface area contributed by atoms with Crippen LogP contribution < -0.4 is 5.32 Å². The van der Waals surface area contributed by atoms with Crippen LogP contribution >= 0.6 is 23.1 Å². The average molecular weight is 251 g/mol. The first kappa shape index (κ1) is 10.2. The molecule has 16 heavy (non-hydrogen) atoms. The van der Waals surface area contributed by atoms with E-state index < -0.39 is 0 Å². The highest BCUT2D eigenvalue weighted by Crippen LogP contribution is 2.44. The number of nitrogens with zero attached hydrogens (tertiary/aromatic N) is 1. The molecule has 0 saturated heterocycles. The molecule has 0 radical (unpaired) electrons. The number of aromatic nitrogens is 2. The molecule has 0 fully saturated rings. The van der Waals surface area contributed by atoms with Gasteiger partial charge in [-0.05, 0) is 23.4 Å². The Labute approximate surface area is 103 Å². The van der Waals surface area contributed by atoms with Crippen molar-refractivity contribution in [1.82, 2.24) is 10.2 Å². The molecule has 5 heteroatoms. The summed E-state index contributed by atoms with van der Waals surface area (Å²) in [7, 11) is 0. The highest BCUT2D eigenvalue weighted by molar-refractivity contribution is 8.01. The zero-order valence-electron chi connectivity index (χ0n) is 8.93. The first-order chi connectivity index (χ1) is 7.83. The molecule has 0 aromatic carbocycles. The predicted molar refractivity (Wildman–Crippen MR) is 69.2 cm³/mol. The van der Waals surface area contributed by atoms with Gasteiger partial charge in [-0.25, -0.2) is 0 Å². The van der Waals surface area contributed by atoms with Crippen molar-refractivity contribution in [2.45, 2.75) is 28.8 Å². The summed E-state index contributed by atoms with van der Waals surface area (Å²) in [5.41, 5.74) is 2.51. The Morgan fingerprint density at radius 1 is 1.56 bits per heavy atom. The number of thiophene rings is 1. The van der Waals surface area contributed by atoms with Gasteiger partial charge in [-0.3, -0.25) is 5.10 Å². The lowest BCUT2D eigenvalue weighted by Crippen LogP contribution is -2.18. The van der Waals surface area contributed by atoms with E-state index in [0.29, 0.717) is 11.3 Å². The van der Waals surface area contributed by atoms with Crippen molar-refractivity contribution >= 4 is 28.8 Å². The fourth-order valence-corrected chi connectivity index (χ4v) is 4.58. The lowest BCUT2D eigenvalue weighted by Gasteiger charge is -2.27. The summed E-state index contributed by atoms with van der Waals surface area (Å²) in [5, 5.41) is 13.2. The van der Waals surface area contributed by atoms with E-state index in [1.165, 1.54) is 16.2 Å². The molecule has 1 aliphatic rings. The summed E-state index contributed by atoms with van der Waals surface area (Å²) in [6.07, 6.45) is 4.90. The highest BCUT2D eigenvalue weighted by Gasteiger charge is 2.26. The summed E-state index contributed by atoms with van der Waals surface area (Å²) < 4.78 is 1.46. The van der Waals surface area contributed by atoms with E-state index in [1.807, 2.05) is 35.5 Å². The molecule has 2 aromatic rings. The van der Waals surface area contributed by atoms with Gasteiger partial charge in [0.2, 0.25) is 0 Å². The molecule has 2 aromatic heterocycles. The minimum Gasteiger partial charge on any atom is -0.376 e. The summed E-state index contributed by atoms with van der Waals surface area (Å²) >= 11 is 3.83. The Morgan fingerprint density at radius 2 is 2.50 bits per heavy atom. The highest BCUT2D eigenvalue weighted by atomic mass is 32.2. The van der Waals surface area contributed by atoms with E-state index in [4.69, 9.17) is 0 Å². The number of aromatic amines is 1. The monoisotopic (exact) mass is 251 g/mol. The van der Waals surface area contributed by atoms with Crippen molar-refractivity contribution in [2.75, 3.05) is 5.32 Å². The normalized spacial score (nSPS) is 24.1. The smallest absolute Gasteiger partial charge is 0.0728 e. The second-order valence-electron chi connectivity index (χ2n) is 4.01.